The molecule has 1 N–H and O–H groups in total. The van der Waals surface area contributed by atoms with Gasteiger partial charge in [0.05, 0.1) is 11.1 Å². The summed E-state index contributed by atoms with van der Waals surface area (Å²) < 4.78 is 44.3. The van der Waals surface area contributed by atoms with Crippen LogP contribution in [0.5, 0.6) is 5.88 Å². The first-order valence-corrected chi connectivity index (χ1v) is 8.55. The number of nitrogens with zero attached hydrogens (tertiary/aromatic N) is 1. The van der Waals surface area contributed by atoms with Crippen molar-refractivity contribution in [1.29, 1.82) is 0 Å². The van der Waals surface area contributed by atoms with E-state index in [1.807, 2.05) is 11.6 Å². The number of hydrogen-bond donors (Lipinski definition) is 1. The molecule has 0 saturated heterocycles. The normalized spacial score (nSPS) is 11.2. The molecule has 0 spiro atoms. The topological polar surface area (TPSA) is 85.4 Å². The van der Waals surface area contributed by atoms with E-state index in [1.54, 1.807) is 19.9 Å². The Labute approximate surface area is 139 Å². The Bertz CT molecular complexity index is 864. The fraction of sp³-hybridized carbons (Fsp3) is 0.250. The van der Waals surface area contributed by atoms with Gasteiger partial charge in [-0.15, -0.1) is 0 Å². The van der Waals surface area contributed by atoms with Crippen molar-refractivity contribution in [1.82, 2.24) is 9.71 Å². The first-order chi connectivity index (χ1) is 11.2. The van der Waals surface area contributed by atoms with Crippen molar-refractivity contribution in [3.05, 3.63) is 53.0 Å². The monoisotopic (exact) mass is 352 g/mol. The molecule has 8 heteroatoms. The Hall–Kier alpha value is -2.48. The lowest BCUT2D eigenvalue weighted by Gasteiger charge is -2.12. The van der Waals surface area contributed by atoms with Crippen molar-refractivity contribution < 1.29 is 22.3 Å². The molecule has 0 saturated carbocycles. The van der Waals surface area contributed by atoms with Crippen LogP contribution >= 0.6 is 0 Å². The molecule has 128 valence electrons. The smallest absolute Gasteiger partial charge is 0.271 e. The summed E-state index contributed by atoms with van der Waals surface area (Å²) in [5.74, 6) is -1.37. The van der Waals surface area contributed by atoms with Crippen LogP contribution < -0.4 is 9.46 Å². The van der Waals surface area contributed by atoms with E-state index in [4.69, 9.17) is 4.74 Å². The molecule has 1 heterocycles. The van der Waals surface area contributed by atoms with Gasteiger partial charge in [-0.25, -0.2) is 22.5 Å². The van der Waals surface area contributed by atoms with E-state index in [0.717, 1.165) is 23.4 Å². The van der Waals surface area contributed by atoms with Crippen LogP contribution in [-0.2, 0) is 14.8 Å². The number of sulfonamides is 1. The standard InChI is InChI=1S/C16H17FN2O4S/c1-10-6-12(3)14(7-11(10)2)24(21,22)19-15(20)9-23-16-5-4-13(17)8-18-16/h4-8H,9H2,1-3H3,(H,19,20). The van der Waals surface area contributed by atoms with Gasteiger partial charge in [0.25, 0.3) is 15.9 Å². The molecule has 1 aromatic carbocycles. The Morgan fingerprint density at radius 1 is 1.17 bits per heavy atom. The van der Waals surface area contributed by atoms with E-state index in [1.165, 1.54) is 12.1 Å². The van der Waals surface area contributed by atoms with E-state index in [2.05, 4.69) is 4.98 Å². The molecular weight excluding hydrogens is 335 g/mol. The number of ether oxygens (including phenoxy) is 1. The molecule has 2 aromatic rings. The van der Waals surface area contributed by atoms with Gasteiger partial charge in [-0.1, -0.05) is 6.07 Å². The molecule has 0 aliphatic rings. The van der Waals surface area contributed by atoms with Gasteiger partial charge in [-0.2, -0.15) is 0 Å². The van der Waals surface area contributed by atoms with Crippen LogP contribution in [0.1, 0.15) is 16.7 Å². The number of carbonyl (C=O) groups is 1. The van der Waals surface area contributed by atoms with Crippen molar-refractivity contribution in [3.8, 4) is 5.88 Å². The van der Waals surface area contributed by atoms with E-state index in [9.17, 15) is 17.6 Å². The summed E-state index contributed by atoms with van der Waals surface area (Å²) >= 11 is 0. The lowest BCUT2D eigenvalue weighted by Crippen LogP contribution is -2.34. The van der Waals surface area contributed by atoms with Gasteiger partial charge < -0.3 is 4.74 Å². The van der Waals surface area contributed by atoms with Gasteiger partial charge in [0.2, 0.25) is 5.88 Å². The highest BCUT2D eigenvalue weighted by atomic mass is 32.2. The molecule has 0 fully saturated rings. The lowest BCUT2D eigenvalue weighted by atomic mass is 10.1. The molecular formula is C16H17FN2O4S. The number of aromatic nitrogens is 1. The summed E-state index contributed by atoms with van der Waals surface area (Å²) in [7, 11) is -4.00. The zero-order valence-electron chi connectivity index (χ0n) is 13.5. The van der Waals surface area contributed by atoms with Crippen LogP contribution in [0.2, 0.25) is 0 Å². The average Bonchev–Trinajstić information content (AvgIpc) is 2.49. The second kappa shape index (κ2) is 6.96. The highest BCUT2D eigenvalue weighted by molar-refractivity contribution is 7.90. The van der Waals surface area contributed by atoms with Gasteiger partial charge in [-0.3, -0.25) is 4.79 Å². The maximum atomic E-state index is 12.7. The minimum Gasteiger partial charge on any atom is -0.468 e. The summed E-state index contributed by atoms with van der Waals surface area (Å²) in [6, 6.07) is 5.62. The van der Waals surface area contributed by atoms with Crippen molar-refractivity contribution in [2.24, 2.45) is 0 Å². The van der Waals surface area contributed by atoms with E-state index < -0.39 is 28.4 Å². The maximum Gasteiger partial charge on any atom is 0.271 e. The summed E-state index contributed by atoms with van der Waals surface area (Å²) in [5, 5.41) is 0. The largest absolute Gasteiger partial charge is 0.468 e. The van der Waals surface area contributed by atoms with Gasteiger partial charge in [0.1, 0.15) is 5.82 Å². The highest BCUT2D eigenvalue weighted by Gasteiger charge is 2.21. The van der Waals surface area contributed by atoms with Gasteiger partial charge in [-0.05, 0) is 49.6 Å². The van der Waals surface area contributed by atoms with Gasteiger partial charge >= 0.3 is 0 Å². The highest BCUT2D eigenvalue weighted by Crippen LogP contribution is 2.19. The van der Waals surface area contributed by atoms with Crippen molar-refractivity contribution in [3.63, 3.8) is 0 Å². The minimum absolute atomic E-state index is 0.0197. The number of benzene rings is 1. The lowest BCUT2D eigenvalue weighted by molar-refractivity contribution is -0.121. The minimum atomic E-state index is -4.00. The van der Waals surface area contributed by atoms with Crippen molar-refractivity contribution in [2.75, 3.05) is 6.61 Å². The molecule has 1 amide bonds. The van der Waals surface area contributed by atoms with Crippen LogP contribution in [0.4, 0.5) is 4.39 Å². The number of nitrogens with one attached hydrogen (secondary N) is 1. The Balaban J connectivity index is 2.07. The molecule has 0 bridgehead atoms. The second-order valence-electron chi connectivity index (χ2n) is 5.33. The number of amides is 1. The van der Waals surface area contributed by atoms with Crippen LogP contribution in [-0.4, -0.2) is 25.9 Å². The van der Waals surface area contributed by atoms with Crippen LogP contribution in [0.25, 0.3) is 0 Å². The number of rotatable bonds is 5. The third-order valence-corrected chi connectivity index (χ3v) is 4.90. The Morgan fingerprint density at radius 3 is 2.46 bits per heavy atom. The van der Waals surface area contributed by atoms with Crippen LogP contribution in [0.15, 0.2) is 35.4 Å². The molecule has 0 aliphatic heterocycles. The SMILES string of the molecule is Cc1cc(C)c(S(=O)(=O)NC(=O)COc2ccc(F)cn2)cc1C. The Morgan fingerprint density at radius 2 is 1.83 bits per heavy atom. The number of halogens is 1. The fourth-order valence-electron chi connectivity index (χ4n) is 2.04. The predicted octanol–water partition coefficient (Wildman–Crippen LogP) is 2.03. The number of aryl methyl sites for hydroxylation is 3. The summed E-state index contributed by atoms with van der Waals surface area (Å²) in [6.45, 7) is 4.77. The van der Waals surface area contributed by atoms with E-state index >= 15 is 0 Å². The molecule has 2 rings (SSSR count). The molecule has 0 radical (unpaired) electrons. The molecule has 0 unspecified atom stereocenters. The summed E-state index contributed by atoms with van der Waals surface area (Å²) in [4.78, 5) is 15.5. The number of pyridine rings is 1. The molecule has 6 nitrogen and oxygen atoms in total. The van der Waals surface area contributed by atoms with Crippen molar-refractivity contribution >= 4 is 15.9 Å². The van der Waals surface area contributed by atoms with E-state index in [0.29, 0.717) is 5.56 Å². The van der Waals surface area contributed by atoms with Crippen LogP contribution in [0, 0.1) is 26.6 Å². The summed E-state index contributed by atoms with van der Waals surface area (Å²) in [6.07, 6.45) is 0.933. The molecule has 1 aromatic heterocycles. The third-order valence-electron chi connectivity index (χ3n) is 3.38. The first-order valence-electron chi connectivity index (χ1n) is 7.07. The number of hydrogen-bond acceptors (Lipinski definition) is 5. The molecule has 0 atom stereocenters. The predicted molar refractivity (Wildman–Crippen MR) is 85.7 cm³/mol. The zero-order valence-corrected chi connectivity index (χ0v) is 14.3. The average molecular weight is 352 g/mol. The number of carbonyl (C=O) groups excluding carboxylic acids is 1. The Kier molecular flexibility index (Phi) is 5.18. The fourth-order valence-corrected chi connectivity index (χ4v) is 3.33. The maximum absolute atomic E-state index is 12.7. The van der Waals surface area contributed by atoms with Gasteiger partial charge in [0.15, 0.2) is 6.61 Å². The third kappa shape index (κ3) is 4.29. The summed E-state index contributed by atoms with van der Waals surface area (Å²) in [5.41, 5.74) is 2.31. The molecule has 0 aliphatic carbocycles. The zero-order chi connectivity index (χ0) is 17.9. The van der Waals surface area contributed by atoms with Crippen molar-refractivity contribution in [2.45, 2.75) is 25.7 Å². The van der Waals surface area contributed by atoms with E-state index in [-0.39, 0.29) is 10.8 Å². The molecule has 24 heavy (non-hydrogen) atoms. The van der Waals surface area contributed by atoms with Crippen LogP contribution in [0.3, 0.4) is 0 Å². The quantitative estimate of drug-likeness (QED) is 0.890. The van der Waals surface area contributed by atoms with Gasteiger partial charge in [0, 0.05) is 6.07 Å². The second-order valence-corrected chi connectivity index (χ2v) is 6.98. The first kappa shape index (κ1) is 17.9.